The minimum atomic E-state index is 0.220. The Bertz CT molecular complexity index is 533. The molecule has 0 aliphatic heterocycles. The van der Waals surface area contributed by atoms with Gasteiger partial charge < -0.3 is 4.74 Å². The smallest absolute Gasteiger partial charge is 0.138 e. The van der Waals surface area contributed by atoms with Crippen LogP contribution in [0.2, 0.25) is 0 Å². The minimum absolute atomic E-state index is 0.220. The van der Waals surface area contributed by atoms with Crippen LogP contribution in [0.1, 0.15) is 52.5 Å². The van der Waals surface area contributed by atoms with Gasteiger partial charge in [-0.2, -0.15) is 5.26 Å². The summed E-state index contributed by atoms with van der Waals surface area (Å²) >= 11 is 1.70. The topological polar surface area (TPSA) is 33.0 Å². The molecular formula is C18H25NOS. The lowest BCUT2D eigenvalue weighted by Gasteiger charge is -2.39. The molecule has 114 valence electrons. The van der Waals surface area contributed by atoms with Crippen LogP contribution in [0.15, 0.2) is 23.1 Å². The van der Waals surface area contributed by atoms with Gasteiger partial charge >= 0.3 is 0 Å². The summed E-state index contributed by atoms with van der Waals surface area (Å²) in [6.07, 6.45) is 3.62. The summed E-state index contributed by atoms with van der Waals surface area (Å²) in [6, 6.07) is 8.26. The number of thioether (sulfide) groups is 1. The van der Waals surface area contributed by atoms with E-state index in [0.717, 1.165) is 29.2 Å². The molecule has 1 aliphatic carbocycles. The Morgan fingerprint density at radius 3 is 2.76 bits per heavy atom. The molecule has 0 amide bonds. The van der Waals surface area contributed by atoms with E-state index in [-0.39, 0.29) is 6.10 Å². The van der Waals surface area contributed by atoms with Crippen molar-refractivity contribution in [3.8, 4) is 11.8 Å². The highest BCUT2D eigenvalue weighted by Gasteiger charge is 2.33. The van der Waals surface area contributed by atoms with Crippen LogP contribution < -0.4 is 4.74 Å². The molecule has 0 heterocycles. The van der Waals surface area contributed by atoms with Gasteiger partial charge in [0, 0.05) is 4.90 Å². The van der Waals surface area contributed by atoms with Crippen molar-refractivity contribution in [2.24, 2.45) is 11.3 Å². The summed E-state index contributed by atoms with van der Waals surface area (Å²) in [5, 5.41) is 9.47. The highest BCUT2D eigenvalue weighted by atomic mass is 32.2. The molecule has 2 unspecified atom stereocenters. The first kappa shape index (κ1) is 16.2. The van der Waals surface area contributed by atoms with E-state index in [1.807, 2.05) is 18.2 Å². The van der Waals surface area contributed by atoms with E-state index in [2.05, 4.69) is 33.8 Å². The Kier molecular flexibility index (Phi) is 5.22. The second kappa shape index (κ2) is 6.75. The highest BCUT2D eigenvalue weighted by molar-refractivity contribution is 7.99. The van der Waals surface area contributed by atoms with Crippen LogP contribution in [0.4, 0.5) is 0 Å². The maximum atomic E-state index is 9.47. The summed E-state index contributed by atoms with van der Waals surface area (Å²) in [5.74, 6) is 2.40. The van der Waals surface area contributed by atoms with E-state index in [1.165, 1.54) is 6.42 Å². The van der Waals surface area contributed by atoms with Gasteiger partial charge in [0.25, 0.3) is 0 Å². The monoisotopic (exact) mass is 303 g/mol. The molecule has 2 nitrogen and oxygen atoms in total. The van der Waals surface area contributed by atoms with E-state index < -0.39 is 0 Å². The molecular weight excluding hydrogens is 278 g/mol. The fraction of sp³-hybridized carbons (Fsp3) is 0.611. The molecule has 1 aromatic carbocycles. The summed E-state index contributed by atoms with van der Waals surface area (Å²) in [7, 11) is 0. The summed E-state index contributed by atoms with van der Waals surface area (Å²) < 4.78 is 6.23. The van der Waals surface area contributed by atoms with Crippen LogP contribution in [0.5, 0.6) is 5.75 Å². The predicted molar refractivity (Wildman–Crippen MR) is 88.8 cm³/mol. The minimum Gasteiger partial charge on any atom is -0.489 e. The SMILES string of the molecule is CCSc1cccc(OC2CC(C)CC(C)(C)C2)c1C#N. The van der Waals surface area contributed by atoms with Crippen LogP contribution in [-0.4, -0.2) is 11.9 Å². The number of ether oxygens (including phenoxy) is 1. The van der Waals surface area contributed by atoms with E-state index in [0.29, 0.717) is 16.9 Å². The number of nitriles is 1. The lowest BCUT2D eigenvalue weighted by atomic mass is 9.71. The largest absolute Gasteiger partial charge is 0.489 e. The van der Waals surface area contributed by atoms with Gasteiger partial charge in [-0.1, -0.05) is 33.8 Å². The highest BCUT2D eigenvalue weighted by Crippen LogP contribution is 2.41. The lowest BCUT2D eigenvalue weighted by molar-refractivity contribution is 0.0559. The van der Waals surface area contributed by atoms with Gasteiger partial charge in [-0.25, -0.2) is 0 Å². The zero-order valence-electron chi connectivity index (χ0n) is 13.5. The van der Waals surface area contributed by atoms with Gasteiger partial charge in [-0.3, -0.25) is 0 Å². The molecule has 3 heteroatoms. The molecule has 0 N–H and O–H groups in total. The second-order valence-electron chi connectivity index (χ2n) is 6.83. The Balaban J connectivity index is 2.19. The first-order valence-electron chi connectivity index (χ1n) is 7.77. The molecule has 0 radical (unpaired) electrons. The van der Waals surface area contributed by atoms with Crippen LogP contribution in [0, 0.1) is 22.7 Å². The third-order valence-electron chi connectivity index (χ3n) is 4.04. The molecule has 1 fully saturated rings. The van der Waals surface area contributed by atoms with Crippen LogP contribution in [0.3, 0.4) is 0 Å². The quantitative estimate of drug-likeness (QED) is 0.711. The molecule has 21 heavy (non-hydrogen) atoms. The maximum absolute atomic E-state index is 9.47. The number of hydrogen-bond acceptors (Lipinski definition) is 3. The lowest BCUT2D eigenvalue weighted by Crippen LogP contribution is -2.34. The first-order valence-corrected chi connectivity index (χ1v) is 8.76. The molecule has 1 saturated carbocycles. The van der Waals surface area contributed by atoms with Gasteiger partial charge in [0.15, 0.2) is 0 Å². The van der Waals surface area contributed by atoms with E-state index in [1.54, 1.807) is 11.8 Å². The average Bonchev–Trinajstić information content (AvgIpc) is 2.37. The summed E-state index contributed by atoms with van der Waals surface area (Å²) in [6.45, 7) is 9.03. The van der Waals surface area contributed by atoms with Crippen LogP contribution >= 0.6 is 11.8 Å². The first-order chi connectivity index (χ1) is 9.95. The van der Waals surface area contributed by atoms with Crippen molar-refractivity contribution < 1.29 is 4.74 Å². The molecule has 1 aliphatic rings. The van der Waals surface area contributed by atoms with E-state index >= 15 is 0 Å². The van der Waals surface area contributed by atoms with Gasteiger partial charge in [-0.15, -0.1) is 11.8 Å². The second-order valence-corrected chi connectivity index (χ2v) is 8.13. The fourth-order valence-corrected chi connectivity index (χ4v) is 4.30. The van der Waals surface area contributed by atoms with E-state index in [4.69, 9.17) is 4.74 Å². The average molecular weight is 303 g/mol. The van der Waals surface area contributed by atoms with E-state index in [9.17, 15) is 5.26 Å². The number of benzene rings is 1. The Labute approximate surface area is 132 Å². The van der Waals surface area contributed by atoms with Crippen molar-refractivity contribution in [3.63, 3.8) is 0 Å². The summed E-state index contributed by atoms with van der Waals surface area (Å²) in [4.78, 5) is 1.03. The van der Waals surface area contributed by atoms with Gasteiger partial charge in [0.1, 0.15) is 17.4 Å². The molecule has 2 rings (SSSR count). The van der Waals surface area contributed by atoms with Crippen LogP contribution in [0.25, 0.3) is 0 Å². The zero-order chi connectivity index (χ0) is 15.5. The number of nitrogens with zero attached hydrogens (tertiary/aromatic N) is 1. The Morgan fingerprint density at radius 2 is 2.14 bits per heavy atom. The molecule has 0 bridgehead atoms. The van der Waals surface area contributed by atoms with Crippen LogP contribution in [-0.2, 0) is 0 Å². The number of rotatable bonds is 4. The van der Waals surface area contributed by atoms with Gasteiger partial charge in [0.05, 0.1) is 6.10 Å². The predicted octanol–water partition coefficient (Wildman–Crippen LogP) is 5.26. The van der Waals surface area contributed by atoms with Crippen molar-refractivity contribution in [3.05, 3.63) is 23.8 Å². The summed E-state index contributed by atoms with van der Waals surface area (Å²) in [5.41, 5.74) is 1.02. The third kappa shape index (κ3) is 4.17. The molecule has 0 aromatic heterocycles. The van der Waals surface area contributed by atoms with Crippen molar-refractivity contribution in [1.82, 2.24) is 0 Å². The van der Waals surface area contributed by atoms with Gasteiger partial charge in [0.2, 0.25) is 0 Å². The normalized spacial score (nSPS) is 24.3. The maximum Gasteiger partial charge on any atom is 0.138 e. The van der Waals surface area contributed by atoms with Gasteiger partial charge in [-0.05, 0) is 48.5 Å². The molecule has 2 atom stereocenters. The molecule has 0 spiro atoms. The Hall–Kier alpha value is -1.14. The number of hydrogen-bond donors (Lipinski definition) is 0. The standard InChI is InChI=1S/C18H25NOS/c1-5-21-17-8-6-7-16(15(17)12-19)20-14-9-13(2)10-18(3,4)11-14/h6-8,13-14H,5,9-11H2,1-4H3. The third-order valence-corrected chi connectivity index (χ3v) is 4.98. The fourth-order valence-electron chi connectivity index (χ4n) is 3.52. The molecule has 0 saturated heterocycles. The zero-order valence-corrected chi connectivity index (χ0v) is 14.3. The Morgan fingerprint density at radius 1 is 1.38 bits per heavy atom. The van der Waals surface area contributed by atoms with Crippen molar-refractivity contribution >= 4 is 11.8 Å². The molecule has 1 aromatic rings. The van der Waals surface area contributed by atoms with Crippen molar-refractivity contribution in [1.29, 1.82) is 5.26 Å². The van der Waals surface area contributed by atoms with Crippen molar-refractivity contribution in [2.45, 2.75) is 58.0 Å². The van der Waals surface area contributed by atoms with Crippen molar-refractivity contribution in [2.75, 3.05) is 5.75 Å².